The first-order valence-corrected chi connectivity index (χ1v) is 7.63. The van der Waals surface area contributed by atoms with Crippen LogP contribution in [-0.2, 0) is 0 Å². The molecule has 1 heterocycles. The molecule has 0 saturated carbocycles. The van der Waals surface area contributed by atoms with Gasteiger partial charge in [0.1, 0.15) is 11.6 Å². The lowest BCUT2D eigenvalue weighted by Gasteiger charge is -2.12. The highest BCUT2D eigenvalue weighted by atomic mass is 35.5. The van der Waals surface area contributed by atoms with E-state index in [0.717, 1.165) is 18.7 Å². The molecule has 0 aliphatic heterocycles. The third-order valence-corrected chi connectivity index (χ3v) is 3.32. The monoisotopic (exact) mass is 320 g/mol. The van der Waals surface area contributed by atoms with Crippen molar-refractivity contribution in [1.82, 2.24) is 9.97 Å². The lowest BCUT2D eigenvalue weighted by molar-refractivity contribution is 0.417. The van der Waals surface area contributed by atoms with Crippen LogP contribution in [0.4, 0.5) is 17.5 Å². The number of hydrogen-bond acceptors (Lipinski definition) is 5. The Hall–Kier alpha value is -2.01. The fourth-order valence-electron chi connectivity index (χ4n) is 1.90. The van der Waals surface area contributed by atoms with Gasteiger partial charge >= 0.3 is 0 Å². The van der Waals surface area contributed by atoms with E-state index in [-0.39, 0.29) is 0 Å². The average Bonchev–Trinajstić information content (AvgIpc) is 2.47. The molecule has 0 fully saturated rings. The molecule has 118 valence electrons. The van der Waals surface area contributed by atoms with Gasteiger partial charge in [-0.2, -0.15) is 4.98 Å². The summed E-state index contributed by atoms with van der Waals surface area (Å²) in [5, 5.41) is 7.06. The Bertz CT molecular complexity index is 619. The van der Waals surface area contributed by atoms with E-state index in [4.69, 9.17) is 16.3 Å². The number of methoxy groups -OCH3 is 1. The highest BCUT2D eigenvalue weighted by Crippen LogP contribution is 2.29. The van der Waals surface area contributed by atoms with Crippen LogP contribution in [0.25, 0.3) is 0 Å². The Kier molecular flexibility index (Phi) is 5.83. The van der Waals surface area contributed by atoms with Gasteiger partial charge in [-0.15, -0.1) is 0 Å². The molecule has 2 rings (SSSR count). The van der Waals surface area contributed by atoms with Gasteiger partial charge in [-0.1, -0.05) is 25.4 Å². The normalized spacial score (nSPS) is 10.6. The summed E-state index contributed by atoms with van der Waals surface area (Å²) in [5.41, 5.74) is 0.766. The van der Waals surface area contributed by atoms with Gasteiger partial charge in [0.25, 0.3) is 0 Å². The molecular weight excluding hydrogens is 300 g/mol. The van der Waals surface area contributed by atoms with Crippen LogP contribution >= 0.6 is 11.6 Å². The van der Waals surface area contributed by atoms with Gasteiger partial charge in [0.05, 0.1) is 12.8 Å². The van der Waals surface area contributed by atoms with Gasteiger partial charge in [0, 0.05) is 17.8 Å². The number of halogens is 1. The zero-order chi connectivity index (χ0) is 15.9. The van der Waals surface area contributed by atoms with Crippen molar-refractivity contribution in [2.24, 2.45) is 5.92 Å². The highest BCUT2D eigenvalue weighted by Gasteiger charge is 2.06. The van der Waals surface area contributed by atoms with E-state index in [2.05, 4.69) is 34.4 Å². The molecule has 0 saturated heterocycles. The van der Waals surface area contributed by atoms with Crippen molar-refractivity contribution >= 4 is 29.1 Å². The summed E-state index contributed by atoms with van der Waals surface area (Å²) >= 11 is 6.03. The van der Waals surface area contributed by atoms with Crippen LogP contribution in [0, 0.1) is 5.92 Å². The van der Waals surface area contributed by atoms with E-state index in [1.807, 2.05) is 6.07 Å². The molecule has 0 bridgehead atoms. The molecule has 5 nitrogen and oxygen atoms in total. The molecule has 0 amide bonds. The summed E-state index contributed by atoms with van der Waals surface area (Å²) in [6.45, 7) is 5.22. The van der Waals surface area contributed by atoms with Crippen molar-refractivity contribution in [3.63, 3.8) is 0 Å². The van der Waals surface area contributed by atoms with Crippen LogP contribution in [0.15, 0.2) is 30.5 Å². The van der Waals surface area contributed by atoms with E-state index >= 15 is 0 Å². The number of ether oxygens (including phenoxy) is 1. The molecule has 0 spiro atoms. The van der Waals surface area contributed by atoms with Crippen molar-refractivity contribution in [3.05, 3.63) is 35.5 Å². The predicted octanol–water partition coefficient (Wildman–Crippen LogP) is 4.34. The third-order valence-electron chi connectivity index (χ3n) is 3.08. The fourth-order valence-corrected chi connectivity index (χ4v) is 2.07. The van der Waals surface area contributed by atoms with E-state index in [1.54, 1.807) is 31.5 Å². The van der Waals surface area contributed by atoms with Gasteiger partial charge in [-0.25, -0.2) is 4.98 Å². The maximum atomic E-state index is 6.03. The van der Waals surface area contributed by atoms with Crippen LogP contribution in [0.2, 0.25) is 5.02 Å². The molecule has 0 unspecified atom stereocenters. The lowest BCUT2D eigenvalue weighted by atomic mass is 10.1. The number of anilines is 3. The summed E-state index contributed by atoms with van der Waals surface area (Å²) in [6, 6.07) is 7.19. The Morgan fingerprint density at radius 1 is 1.27 bits per heavy atom. The average molecular weight is 321 g/mol. The van der Waals surface area contributed by atoms with Crippen molar-refractivity contribution in [2.45, 2.75) is 20.3 Å². The summed E-state index contributed by atoms with van der Waals surface area (Å²) in [5.74, 6) is 2.64. The third kappa shape index (κ3) is 4.77. The first kappa shape index (κ1) is 16.4. The van der Waals surface area contributed by atoms with E-state index in [0.29, 0.717) is 28.5 Å². The molecule has 0 aliphatic carbocycles. The molecule has 1 aromatic heterocycles. The molecule has 0 radical (unpaired) electrons. The number of nitrogens with one attached hydrogen (secondary N) is 2. The SMILES string of the molecule is COc1ccc(Cl)cc1Nc1ccnc(NCCC(C)C)n1. The second-order valence-corrected chi connectivity index (χ2v) is 5.78. The van der Waals surface area contributed by atoms with Gasteiger partial charge in [-0.05, 0) is 36.6 Å². The maximum Gasteiger partial charge on any atom is 0.224 e. The number of aromatic nitrogens is 2. The largest absolute Gasteiger partial charge is 0.495 e. The zero-order valence-electron chi connectivity index (χ0n) is 13.1. The molecule has 2 N–H and O–H groups in total. The van der Waals surface area contributed by atoms with E-state index in [1.165, 1.54) is 0 Å². The molecule has 0 atom stereocenters. The standard InChI is InChI=1S/C16H21ClN4O/c1-11(2)6-8-18-16-19-9-7-15(21-16)20-13-10-12(17)4-5-14(13)22-3/h4-5,7,9-11H,6,8H2,1-3H3,(H2,18,19,20,21). The first-order chi connectivity index (χ1) is 10.6. The maximum absolute atomic E-state index is 6.03. The van der Waals surface area contributed by atoms with Crippen LogP contribution in [0.3, 0.4) is 0 Å². The predicted molar refractivity (Wildman–Crippen MR) is 91.3 cm³/mol. The summed E-state index contributed by atoms with van der Waals surface area (Å²) in [7, 11) is 1.62. The fraction of sp³-hybridized carbons (Fsp3) is 0.375. The van der Waals surface area contributed by atoms with Crippen molar-refractivity contribution in [1.29, 1.82) is 0 Å². The minimum atomic E-state index is 0.603. The Morgan fingerprint density at radius 2 is 2.09 bits per heavy atom. The Labute approximate surface area is 136 Å². The van der Waals surface area contributed by atoms with Crippen LogP contribution in [0.5, 0.6) is 5.75 Å². The topological polar surface area (TPSA) is 59.1 Å². The van der Waals surface area contributed by atoms with Crippen LogP contribution < -0.4 is 15.4 Å². The van der Waals surface area contributed by atoms with Gasteiger partial charge in [0.2, 0.25) is 5.95 Å². The van der Waals surface area contributed by atoms with Crippen molar-refractivity contribution < 1.29 is 4.74 Å². The number of rotatable bonds is 7. The minimum Gasteiger partial charge on any atom is -0.495 e. The summed E-state index contributed by atoms with van der Waals surface area (Å²) < 4.78 is 5.31. The van der Waals surface area contributed by atoms with Gasteiger partial charge < -0.3 is 15.4 Å². The number of benzene rings is 1. The van der Waals surface area contributed by atoms with Crippen LogP contribution in [-0.4, -0.2) is 23.6 Å². The smallest absolute Gasteiger partial charge is 0.224 e. The quantitative estimate of drug-likeness (QED) is 0.794. The van der Waals surface area contributed by atoms with Crippen LogP contribution in [0.1, 0.15) is 20.3 Å². The molecule has 2 aromatic rings. The second kappa shape index (κ2) is 7.84. The van der Waals surface area contributed by atoms with E-state index in [9.17, 15) is 0 Å². The van der Waals surface area contributed by atoms with Gasteiger partial charge in [0.15, 0.2) is 0 Å². The summed E-state index contributed by atoms with van der Waals surface area (Å²) in [4.78, 5) is 8.66. The number of hydrogen-bond donors (Lipinski definition) is 2. The Balaban J connectivity index is 2.08. The minimum absolute atomic E-state index is 0.603. The van der Waals surface area contributed by atoms with Gasteiger partial charge in [-0.3, -0.25) is 0 Å². The molecule has 6 heteroatoms. The second-order valence-electron chi connectivity index (χ2n) is 5.34. The molecule has 22 heavy (non-hydrogen) atoms. The zero-order valence-corrected chi connectivity index (χ0v) is 13.8. The highest BCUT2D eigenvalue weighted by molar-refractivity contribution is 6.31. The lowest BCUT2D eigenvalue weighted by Crippen LogP contribution is -2.08. The molecule has 0 aliphatic rings. The molecule has 1 aromatic carbocycles. The first-order valence-electron chi connectivity index (χ1n) is 7.26. The van der Waals surface area contributed by atoms with Crippen molar-refractivity contribution in [2.75, 3.05) is 24.3 Å². The van der Waals surface area contributed by atoms with E-state index < -0.39 is 0 Å². The van der Waals surface area contributed by atoms with Crippen molar-refractivity contribution in [3.8, 4) is 5.75 Å². The summed E-state index contributed by atoms with van der Waals surface area (Å²) in [6.07, 6.45) is 2.78. The Morgan fingerprint density at radius 3 is 2.82 bits per heavy atom. The number of nitrogens with zero attached hydrogens (tertiary/aromatic N) is 2. The molecular formula is C16H21ClN4O.